The van der Waals surface area contributed by atoms with Crippen molar-refractivity contribution in [3.05, 3.63) is 94.0 Å². The van der Waals surface area contributed by atoms with Crippen LogP contribution in [0.15, 0.2) is 77.3 Å². The monoisotopic (exact) mass is 541 g/mol. The third-order valence-corrected chi connectivity index (χ3v) is 5.31. The Morgan fingerprint density at radius 3 is 2.41 bits per heavy atom. The zero-order chi connectivity index (χ0) is 24.3. The Kier molecular flexibility index (Phi) is 9.42. The van der Waals surface area contributed by atoms with Crippen LogP contribution in [0.5, 0.6) is 11.5 Å². The highest BCUT2D eigenvalue weighted by atomic mass is 79.9. The molecule has 7 nitrogen and oxygen atoms in total. The SMILES string of the molecule is Cc1ccc(OCC(=O)NNC(=S)NC(=O)c2cc(Br)ccc2OCCc2ccccc2)cc1. The number of benzene rings is 3. The molecule has 0 fully saturated rings. The minimum absolute atomic E-state index is 0.0658. The van der Waals surface area contributed by atoms with Crippen LogP contribution < -0.4 is 25.6 Å². The number of carbonyl (C=O) groups excluding carboxylic acids is 2. The Morgan fingerprint density at radius 2 is 1.68 bits per heavy atom. The van der Waals surface area contributed by atoms with Gasteiger partial charge >= 0.3 is 0 Å². The summed E-state index contributed by atoms with van der Waals surface area (Å²) in [6.45, 7) is 2.16. The summed E-state index contributed by atoms with van der Waals surface area (Å²) in [5, 5.41) is 2.47. The fourth-order valence-electron chi connectivity index (χ4n) is 2.88. The number of rotatable bonds is 8. The molecule has 3 rings (SSSR count). The Labute approximate surface area is 211 Å². The molecule has 0 heterocycles. The van der Waals surface area contributed by atoms with Crippen molar-refractivity contribution in [3.63, 3.8) is 0 Å². The minimum atomic E-state index is -0.473. The van der Waals surface area contributed by atoms with Gasteiger partial charge in [0, 0.05) is 10.9 Å². The third-order valence-electron chi connectivity index (χ3n) is 4.61. The number of ether oxygens (including phenoxy) is 2. The number of halogens is 1. The van der Waals surface area contributed by atoms with Gasteiger partial charge in [0.25, 0.3) is 11.8 Å². The molecule has 0 aliphatic rings. The molecule has 0 spiro atoms. The largest absolute Gasteiger partial charge is 0.492 e. The van der Waals surface area contributed by atoms with Crippen LogP contribution in [-0.2, 0) is 11.2 Å². The van der Waals surface area contributed by atoms with Crippen LogP contribution in [0.25, 0.3) is 0 Å². The number of carbonyl (C=O) groups is 2. The minimum Gasteiger partial charge on any atom is -0.492 e. The van der Waals surface area contributed by atoms with Gasteiger partial charge in [-0.15, -0.1) is 0 Å². The third kappa shape index (κ3) is 8.17. The van der Waals surface area contributed by atoms with Crippen molar-refractivity contribution in [3.8, 4) is 11.5 Å². The van der Waals surface area contributed by atoms with Gasteiger partial charge in [-0.1, -0.05) is 64.0 Å². The van der Waals surface area contributed by atoms with Crippen molar-refractivity contribution < 1.29 is 19.1 Å². The number of nitrogens with one attached hydrogen (secondary N) is 3. The lowest BCUT2D eigenvalue weighted by atomic mass is 10.1. The summed E-state index contributed by atoms with van der Waals surface area (Å²) in [4.78, 5) is 24.7. The highest BCUT2D eigenvalue weighted by Crippen LogP contribution is 2.23. The van der Waals surface area contributed by atoms with E-state index < -0.39 is 11.8 Å². The van der Waals surface area contributed by atoms with Crippen molar-refractivity contribution in [2.75, 3.05) is 13.2 Å². The Bertz CT molecular complexity index is 1140. The van der Waals surface area contributed by atoms with Crippen molar-refractivity contribution in [2.24, 2.45) is 0 Å². The van der Waals surface area contributed by atoms with Gasteiger partial charge in [0.1, 0.15) is 11.5 Å². The maximum atomic E-state index is 12.8. The molecule has 3 aromatic rings. The molecule has 0 saturated carbocycles. The molecule has 0 radical (unpaired) electrons. The molecule has 34 heavy (non-hydrogen) atoms. The van der Waals surface area contributed by atoms with Gasteiger partial charge in [0.15, 0.2) is 11.7 Å². The zero-order valence-corrected chi connectivity index (χ0v) is 20.9. The molecular formula is C25H24BrN3O4S. The van der Waals surface area contributed by atoms with Crippen LogP contribution in [0.4, 0.5) is 0 Å². The van der Waals surface area contributed by atoms with Gasteiger partial charge in [-0.25, -0.2) is 0 Å². The second kappa shape index (κ2) is 12.7. The van der Waals surface area contributed by atoms with Crippen molar-refractivity contribution in [2.45, 2.75) is 13.3 Å². The zero-order valence-electron chi connectivity index (χ0n) is 18.5. The van der Waals surface area contributed by atoms with Gasteiger partial charge in [-0.05, 0) is 55.0 Å². The maximum Gasteiger partial charge on any atom is 0.276 e. The lowest BCUT2D eigenvalue weighted by molar-refractivity contribution is -0.123. The summed E-state index contributed by atoms with van der Waals surface area (Å²) in [6, 6.07) is 22.4. The maximum absolute atomic E-state index is 12.8. The molecule has 3 aromatic carbocycles. The Balaban J connectivity index is 1.47. The summed E-state index contributed by atoms with van der Waals surface area (Å²) in [6.07, 6.45) is 0.703. The summed E-state index contributed by atoms with van der Waals surface area (Å²) in [5.41, 5.74) is 7.42. The topological polar surface area (TPSA) is 88.7 Å². The molecule has 9 heteroatoms. The first-order valence-electron chi connectivity index (χ1n) is 10.5. The number of amides is 2. The molecule has 0 saturated heterocycles. The molecule has 176 valence electrons. The van der Waals surface area contributed by atoms with Gasteiger partial charge in [-0.2, -0.15) is 0 Å². The van der Waals surface area contributed by atoms with E-state index in [9.17, 15) is 9.59 Å². The summed E-state index contributed by atoms with van der Waals surface area (Å²) >= 11 is 8.49. The molecule has 0 unspecified atom stereocenters. The van der Waals surface area contributed by atoms with Crippen molar-refractivity contribution in [1.29, 1.82) is 0 Å². The lowest BCUT2D eigenvalue weighted by Crippen LogP contribution is -2.49. The molecular weight excluding hydrogens is 518 g/mol. The predicted octanol–water partition coefficient (Wildman–Crippen LogP) is 4.09. The van der Waals surface area contributed by atoms with Crippen molar-refractivity contribution >= 4 is 45.1 Å². The number of thiocarbonyl (C=S) groups is 1. The Hall–Kier alpha value is -3.43. The molecule has 0 aliphatic carbocycles. The normalized spacial score (nSPS) is 10.2. The number of aryl methyl sites for hydroxylation is 1. The average Bonchev–Trinajstić information content (AvgIpc) is 2.84. The van der Waals surface area contributed by atoms with E-state index in [2.05, 4.69) is 32.1 Å². The van der Waals surface area contributed by atoms with Crippen LogP contribution in [0.1, 0.15) is 21.5 Å². The van der Waals surface area contributed by atoms with Crippen LogP contribution in [0.3, 0.4) is 0 Å². The molecule has 0 atom stereocenters. The second-order valence-electron chi connectivity index (χ2n) is 7.28. The second-order valence-corrected chi connectivity index (χ2v) is 8.61. The van der Waals surface area contributed by atoms with Crippen molar-refractivity contribution in [1.82, 2.24) is 16.2 Å². The lowest BCUT2D eigenvalue weighted by Gasteiger charge is -2.14. The van der Waals surface area contributed by atoms with Gasteiger partial charge in [0.05, 0.1) is 12.2 Å². The van der Waals surface area contributed by atoms with Crippen LogP contribution >= 0.6 is 28.1 Å². The Morgan fingerprint density at radius 1 is 0.941 bits per heavy atom. The highest BCUT2D eigenvalue weighted by molar-refractivity contribution is 9.10. The molecule has 0 aliphatic heterocycles. The van der Waals surface area contributed by atoms with Crippen LogP contribution in [-0.4, -0.2) is 30.1 Å². The van der Waals surface area contributed by atoms with E-state index >= 15 is 0 Å². The fourth-order valence-corrected chi connectivity index (χ4v) is 3.38. The summed E-state index contributed by atoms with van der Waals surface area (Å²) in [5.74, 6) is 0.0734. The van der Waals surface area contributed by atoms with E-state index in [1.807, 2.05) is 49.4 Å². The summed E-state index contributed by atoms with van der Waals surface area (Å²) < 4.78 is 12.0. The van der Waals surface area contributed by atoms with Crippen LogP contribution in [0, 0.1) is 6.92 Å². The smallest absolute Gasteiger partial charge is 0.276 e. The average molecular weight is 542 g/mol. The van der Waals surface area contributed by atoms with E-state index in [0.717, 1.165) is 11.1 Å². The van der Waals surface area contributed by atoms with E-state index in [0.29, 0.717) is 34.6 Å². The van der Waals surface area contributed by atoms with Gasteiger partial charge < -0.3 is 9.47 Å². The number of hydrogen-bond acceptors (Lipinski definition) is 5. The fraction of sp³-hybridized carbons (Fsp3) is 0.160. The number of hydrogen-bond donors (Lipinski definition) is 3. The quantitative estimate of drug-likeness (QED) is 0.294. The summed E-state index contributed by atoms with van der Waals surface area (Å²) in [7, 11) is 0. The molecule has 0 bridgehead atoms. The predicted molar refractivity (Wildman–Crippen MR) is 138 cm³/mol. The van der Waals surface area contributed by atoms with E-state index in [1.165, 1.54) is 0 Å². The standard InChI is InChI=1S/C25H24BrN3O4S/c1-17-7-10-20(11-8-17)33-16-23(30)28-29-25(34)27-24(31)21-15-19(26)9-12-22(21)32-14-13-18-5-3-2-4-6-18/h2-12,15H,13-14,16H2,1H3,(H,28,30)(H2,27,29,31,34). The van der Waals surface area contributed by atoms with E-state index in [-0.39, 0.29) is 11.7 Å². The van der Waals surface area contributed by atoms with Gasteiger partial charge in [0.2, 0.25) is 0 Å². The van der Waals surface area contributed by atoms with Gasteiger partial charge in [-0.3, -0.25) is 25.8 Å². The molecule has 2 amide bonds. The highest BCUT2D eigenvalue weighted by Gasteiger charge is 2.15. The first-order chi connectivity index (χ1) is 16.4. The van der Waals surface area contributed by atoms with E-state index in [1.54, 1.807) is 30.3 Å². The van der Waals surface area contributed by atoms with E-state index in [4.69, 9.17) is 21.7 Å². The number of hydrazine groups is 1. The molecule has 3 N–H and O–H groups in total. The first-order valence-corrected chi connectivity index (χ1v) is 11.7. The molecule has 0 aromatic heterocycles. The van der Waals surface area contributed by atoms with Crippen LogP contribution in [0.2, 0.25) is 0 Å². The first kappa shape index (κ1) is 25.2.